The van der Waals surface area contributed by atoms with Gasteiger partial charge in [-0.25, -0.2) is 0 Å². The van der Waals surface area contributed by atoms with Crippen LogP contribution in [0, 0.1) is 0 Å². The number of carbonyl (C=O) groups excluding carboxylic acids is 2. The Labute approximate surface area is 121 Å². The molecule has 0 saturated heterocycles. The van der Waals surface area contributed by atoms with Crippen LogP contribution in [0.15, 0.2) is 23.4 Å². The fourth-order valence-corrected chi connectivity index (χ4v) is 2.46. The number of imide groups is 1. The zero-order valence-electron chi connectivity index (χ0n) is 10.3. The van der Waals surface area contributed by atoms with Gasteiger partial charge in [-0.15, -0.1) is 5.10 Å². The summed E-state index contributed by atoms with van der Waals surface area (Å²) >= 11 is 0.951. The molecule has 2 N–H and O–H groups in total. The van der Waals surface area contributed by atoms with Crippen LogP contribution < -0.4 is 5.32 Å². The molecule has 2 aromatic rings. The van der Waals surface area contributed by atoms with Gasteiger partial charge in [0.2, 0.25) is 5.16 Å². The Morgan fingerprint density at radius 2 is 2.05 bits per heavy atom. The molecule has 0 atom stereocenters. The molecule has 0 spiro atoms. The van der Waals surface area contributed by atoms with Crippen LogP contribution in [0.2, 0.25) is 0 Å². The van der Waals surface area contributed by atoms with E-state index in [9.17, 15) is 14.4 Å². The molecule has 10 heteroatoms. The van der Waals surface area contributed by atoms with E-state index in [1.54, 1.807) is 6.07 Å². The number of carbonyl (C=O) groups is 3. The summed E-state index contributed by atoms with van der Waals surface area (Å²) in [5.74, 6) is -2.11. The van der Waals surface area contributed by atoms with E-state index >= 15 is 0 Å². The van der Waals surface area contributed by atoms with Crippen LogP contribution >= 0.6 is 11.8 Å². The summed E-state index contributed by atoms with van der Waals surface area (Å²) in [5, 5.41) is 22.1. The van der Waals surface area contributed by atoms with Crippen molar-refractivity contribution in [3.8, 4) is 5.69 Å². The van der Waals surface area contributed by atoms with E-state index in [1.807, 2.05) is 0 Å². The molecule has 0 saturated carbocycles. The van der Waals surface area contributed by atoms with Crippen molar-refractivity contribution in [2.45, 2.75) is 5.16 Å². The number of rotatable bonds is 4. The standard InChI is InChI=1S/C11H7N5O4S/c17-8(18)4-21-11-13-14-15-16(11)5-1-2-6-7(3-5)10(20)12-9(6)19/h1-3H,4H2,(H,17,18)(H,12,19,20). The van der Waals surface area contributed by atoms with Crippen LogP contribution in [0.25, 0.3) is 5.69 Å². The van der Waals surface area contributed by atoms with E-state index in [4.69, 9.17) is 5.11 Å². The first kappa shape index (κ1) is 13.2. The number of fused-ring (bicyclic) bond motifs is 1. The van der Waals surface area contributed by atoms with Crippen LogP contribution in [0.1, 0.15) is 20.7 Å². The number of carboxylic acids is 1. The number of hydrogen-bond acceptors (Lipinski definition) is 7. The minimum Gasteiger partial charge on any atom is -0.481 e. The minimum atomic E-state index is -0.992. The van der Waals surface area contributed by atoms with Crippen LogP contribution in [0.4, 0.5) is 0 Å². The third-order valence-electron chi connectivity index (χ3n) is 2.73. The summed E-state index contributed by atoms with van der Waals surface area (Å²) < 4.78 is 1.31. The SMILES string of the molecule is O=C(O)CSc1nnnn1-c1ccc2c(c1)C(=O)NC2=O. The highest BCUT2D eigenvalue weighted by Gasteiger charge is 2.27. The van der Waals surface area contributed by atoms with Crippen molar-refractivity contribution in [3.05, 3.63) is 29.3 Å². The van der Waals surface area contributed by atoms with Crippen molar-refractivity contribution >= 4 is 29.5 Å². The predicted octanol–water partition coefficient (Wildman–Crippen LogP) is -0.277. The molecule has 2 amide bonds. The molecule has 3 rings (SSSR count). The van der Waals surface area contributed by atoms with E-state index in [2.05, 4.69) is 20.8 Å². The topological polar surface area (TPSA) is 127 Å². The first-order valence-corrected chi connectivity index (χ1v) is 6.68. The average molecular weight is 305 g/mol. The second kappa shape index (κ2) is 4.98. The summed E-state index contributed by atoms with van der Waals surface area (Å²) in [6.45, 7) is 0. The van der Waals surface area contributed by atoms with Crippen molar-refractivity contribution in [2.24, 2.45) is 0 Å². The fourth-order valence-electron chi connectivity index (χ4n) is 1.84. The number of aromatic nitrogens is 4. The number of nitrogens with one attached hydrogen (secondary N) is 1. The predicted molar refractivity (Wildman–Crippen MR) is 69.3 cm³/mol. The van der Waals surface area contributed by atoms with Crippen molar-refractivity contribution in [1.82, 2.24) is 25.5 Å². The quantitative estimate of drug-likeness (QED) is 0.583. The summed E-state index contributed by atoms with van der Waals surface area (Å²) in [7, 11) is 0. The van der Waals surface area contributed by atoms with Crippen LogP contribution in [-0.4, -0.2) is 48.9 Å². The van der Waals surface area contributed by atoms with Gasteiger partial charge in [0.25, 0.3) is 11.8 Å². The van der Waals surface area contributed by atoms with Crippen LogP contribution in [-0.2, 0) is 4.79 Å². The molecule has 1 aliphatic heterocycles. The smallest absolute Gasteiger partial charge is 0.313 e. The Bertz CT molecular complexity index is 772. The van der Waals surface area contributed by atoms with Gasteiger partial charge in [0.1, 0.15) is 0 Å². The van der Waals surface area contributed by atoms with Gasteiger partial charge < -0.3 is 5.11 Å². The Balaban J connectivity index is 1.97. The van der Waals surface area contributed by atoms with Crippen molar-refractivity contribution in [1.29, 1.82) is 0 Å². The zero-order valence-corrected chi connectivity index (χ0v) is 11.1. The fraction of sp³-hybridized carbons (Fsp3) is 0.0909. The van der Waals surface area contributed by atoms with Gasteiger partial charge in [0.05, 0.1) is 22.6 Å². The third-order valence-corrected chi connectivity index (χ3v) is 3.63. The number of carboxylic acid groups (broad SMARTS) is 1. The number of aliphatic carboxylic acids is 1. The molecule has 106 valence electrons. The Hall–Kier alpha value is -2.75. The third kappa shape index (κ3) is 2.36. The number of nitrogens with zero attached hydrogens (tertiary/aromatic N) is 4. The molecule has 1 aliphatic rings. The number of tetrazole rings is 1. The molecular formula is C11H7N5O4S. The number of amides is 2. The molecule has 2 heterocycles. The largest absolute Gasteiger partial charge is 0.481 e. The van der Waals surface area contributed by atoms with Gasteiger partial charge in [-0.2, -0.15) is 4.68 Å². The normalized spacial score (nSPS) is 13.1. The second-order valence-electron chi connectivity index (χ2n) is 4.07. The highest BCUT2D eigenvalue weighted by atomic mass is 32.2. The second-order valence-corrected chi connectivity index (χ2v) is 5.01. The van der Waals surface area contributed by atoms with Gasteiger partial charge >= 0.3 is 5.97 Å². The molecule has 21 heavy (non-hydrogen) atoms. The van der Waals surface area contributed by atoms with Gasteiger partial charge in [-0.3, -0.25) is 19.7 Å². The summed E-state index contributed by atoms with van der Waals surface area (Å²) in [4.78, 5) is 33.7. The van der Waals surface area contributed by atoms with Crippen molar-refractivity contribution < 1.29 is 19.5 Å². The molecule has 9 nitrogen and oxygen atoms in total. The maximum Gasteiger partial charge on any atom is 0.313 e. The molecular weight excluding hydrogens is 298 g/mol. The first-order chi connectivity index (χ1) is 10.1. The zero-order chi connectivity index (χ0) is 15.0. The molecule has 0 aliphatic carbocycles. The van der Waals surface area contributed by atoms with Crippen LogP contribution in [0.5, 0.6) is 0 Å². The lowest BCUT2D eigenvalue weighted by Crippen LogP contribution is -2.19. The van der Waals surface area contributed by atoms with Crippen molar-refractivity contribution in [3.63, 3.8) is 0 Å². The molecule has 0 fully saturated rings. The lowest BCUT2D eigenvalue weighted by molar-refractivity contribution is -0.133. The molecule has 1 aromatic heterocycles. The lowest BCUT2D eigenvalue weighted by atomic mass is 10.1. The van der Waals surface area contributed by atoms with Crippen molar-refractivity contribution in [2.75, 3.05) is 5.75 Å². The highest BCUT2D eigenvalue weighted by Crippen LogP contribution is 2.22. The summed E-state index contributed by atoms with van der Waals surface area (Å²) in [6, 6.07) is 4.56. The molecule has 0 bridgehead atoms. The minimum absolute atomic E-state index is 0.190. The molecule has 0 unspecified atom stereocenters. The Morgan fingerprint density at radius 1 is 1.29 bits per heavy atom. The van der Waals surface area contributed by atoms with E-state index < -0.39 is 17.8 Å². The van der Waals surface area contributed by atoms with Gasteiger partial charge in [0, 0.05) is 0 Å². The Morgan fingerprint density at radius 3 is 2.81 bits per heavy atom. The lowest BCUT2D eigenvalue weighted by Gasteiger charge is -2.04. The van der Waals surface area contributed by atoms with E-state index in [0.717, 1.165) is 11.8 Å². The summed E-state index contributed by atoms with van der Waals surface area (Å²) in [5.41, 5.74) is 0.996. The summed E-state index contributed by atoms with van der Waals surface area (Å²) in [6.07, 6.45) is 0. The maximum absolute atomic E-state index is 11.6. The number of hydrogen-bond donors (Lipinski definition) is 2. The first-order valence-electron chi connectivity index (χ1n) is 5.69. The highest BCUT2D eigenvalue weighted by molar-refractivity contribution is 7.99. The van der Waals surface area contributed by atoms with Gasteiger partial charge in [0.15, 0.2) is 0 Å². The number of benzene rings is 1. The monoisotopic (exact) mass is 305 g/mol. The molecule has 1 aromatic carbocycles. The van der Waals surface area contributed by atoms with E-state index in [-0.39, 0.29) is 22.0 Å². The number of thioether (sulfide) groups is 1. The molecule has 0 radical (unpaired) electrons. The van der Waals surface area contributed by atoms with Crippen LogP contribution in [0.3, 0.4) is 0 Å². The van der Waals surface area contributed by atoms with E-state index in [0.29, 0.717) is 5.69 Å². The van der Waals surface area contributed by atoms with E-state index in [1.165, 1.54) is 16.8 Å². The Kier molecular flexibility index (Phi) is 3.14. The maximum atomic E-state index is 11.6. The van der Waals surface area contributed by atoms with Gasteiger partial charge in [-0.1, -0.05) is 11.8 Å². The van der Waals surface area contributed by atoms with Gasteiger partial charge in [-0.05, 0) is 28.6 Å². The average Bonchev–Trinajstić information content (AvgIpc) is 3.02.